The van der Waals surface area contributed by atoms with E-state index in [0.717, 1.165) is 10.5 Å². The minimum atomic E-state index is -0.786. The first-order valence-corrected chi connectivity index (χ1v) is 9.51. The maximum absolute atomic E-state index is 12.5. The van der Waals surface area contributed by atoms with Gasteiger partial charge < -0.3 is 23.7 Å². The summed E-state index contributed by atoms with van der Waals surface area (Å²) in [7, 11) is 4.57. The molecule has 0 unspecified atom stereocenters. The third-order valence-electron chi connectivity index (χ3n) is 3.51. The topological polar surface area (TPSA) is 83.5 Å². The van der Waals surface area contributed by atoms with Crippen LogP contribution in [0.4, 0.5) is 9.59 Å². The van der Waals surface area contributed by atoms with Crippen molar-refractivity contribution in [2.45, 2.75) is 52.7 Å². The molecule has 0 bridgehead atoms. The molecule has 0 atom stereocenters. The highest BCUT2D eigenvalue weighted by atomic mass is 16.6. The molecule has 0 fully saturated rings. The van der Waals surface area contributed by atoms with Gasteiger partial charge in [-0.15, -0.1) is 0 Å². The molecule has 2 amide bonds. The first-order chi connectivity index (χ1) is 13.8. The molecule has 1 aromatic carbocycles. The molecule has 0 saturated carbocycles. The first-order valence-electron chi connectivity index (χ1n) is 9.51. The van der Waals surface area contributed by atoms with Gasteiger partial charge in [0.1, 0.15) is 11.2 Å². The lowest BCUT2D eigenvalue weighted by molar-refractivity contribution is 0.00377. The van der Waals surface area contributed by atoms with Crippen molar-refractivity contribution in [3.8, 4) is 17.2 Å². The quantitative estimate of drug-likeness (QED) is 0.643. The van der Waals surface area contributed by atoms with Crippen molar-refractivity contribution in [1.82, 2.24) is 4.90 Å². The van der Waals surface area contributed by atoms with Gasteiger partial charge in [0.25, 0.3) is 0 Å². The fourth-order valence-corrected chi connectivity index (χ4v) is 2.35. The van der Waals surface area contributed by atoms with Gasteiger partial charge in [-0.2, -0.15) is 0 Å². The molecule has 8 heteroatoms. The number of benzene rings is 1. The van der Waals surface area contributed by atoms with Crippen LogP contribution in [0.25, 0.3) is 6.08 Å². The van der Waals surface area contributed by atoms with Crippen LogP contribution in [0.15, 0.2) is 18.2 Å². The van der Waals surface area contributed by atoms with Crippen LogP contribution in [0.5, 0.6) is 17.2 Å². The van der Waals surface area contributed by atoms with E-state index < -0.39 is 23.4 Å². The number of ether oxygens (including phenoxy) is 5. The molecular formula is C22H33NO7. The van der Waals surface area contributed by atoms with Gasteiger partial charge in [0.15, 0.2) is 11.5 Å². The lowest BCUT2D eigenvalue weighted by Crippen LogP contribution is -2.43. The fourth-order valence-electron chi connectivity index (χ4n) is 2.35. The highest BCUT2D eigenvalue weighted by Gasteiger charge is 2.30. The molecule has 0 aromatic heterocycles. The number of nitrogens with zero attached hydrogens (tertiary/aromatic N) is 1. The van der Waals surface area contributed by atoms with E-state index in [9.17, 15) is 9.59 Å². The SMILES string of the molecule is COc1cc(/C=C/CN(C(=O)OC(C)(C)C)C(=O)OC(C)(C)C)cc(OC)c1OC. The minimum absolute atomic E-state index is 0.0412. The van der Waals surface area contributed by atoms with Gasteiger partial charge in [-0.25, -0.2) is 14.5 Å². The third kappa shape index (κ3) is 7.85. The predicted molar refractivity (Wildman–Crippen MR) is 114 cm³/mol. The molecule has 168 valence electrons. The summed E-state index contributed by atoms with van der Waals surface area (Å²) >= 11 is 0. The third-order valence-corrected chi connectivity index (χ3v) is 3.51. The van der Waals surface area contributed by atoms with E-state index in [4.69, 9.17) is 23.7 Å². The van der Waals surface area contributed by atoms with Gasteiger partial charge >= 0.3 is 12.2 Å². The van der Waals surface area contributed by atoms with E-state index in [1.165, 1.54) is 21.3 Å². The summed E-state index contributed by atoms with van der Waals surface area (Å²) < 4.78 is 26.7. The average molecular weight is 424 g/mol. The maximum atomic E-state index is 12.5. The molecule has 0 radical (unpaired) electrons. The summed E-state index contributed by atoms with van der Waals surface area (Å²) in [5, 5.41) is 0. The Labute approximate surface area is 178 Å². The Balaban J connectivity index is 3.11. The number of amides is 2. The van der Waals surface area contributed by atoms with Gasteiger partial charge in [0.05, 0.1) is 27.9 Å². The van der Waals surface area contributed by atoms with Crippen LogP contribution in [0, 0.1) is 0 Å². The Morgan fingerprint density at radius 1 is 0.833 bits per heavy atom. The number of carbonyl (C=O) groups excluding carboxylic acids is 2. The average Bonchev–Trinajstić information content (AvgIpc) is 2.61. The van der Waals surface area contributed by atoms with Crippen molar-refractivity contribution < 1.29 is 33.3 Å². The summed E-state index contributed by atoms with van der Waals surface area (Å²) in [6.45, 7) is 10.3. The van der Waals surface area contributed by atoms with Crippen LogP contribution in [0.1, 0.15) is 47.1 Å². The second kappa shape index (κ2) is 10.2. The smallest absolute Gasteiger partial charge is 0.420 e. The highest BCUT2D eigenvalue weighted by molar-refractivity contribution is 5.88. The van der Waals surface area contributed by atoms with E-state index in [2.05, 4.69) is 0 Å². The van der Waals surface area contributed by atoms with Crippen LogP contribution >= 0.6 is 0 Å². The summed E-state index contributed by atoms with van der Waals surface area (Å²) in [4.78, 5) is 26.0. The largest absolute Gasteiger partial charge is 0.493 e. The number of hydrogen-bond donors (Lipinski definition) is 0. The number of imide groups is 1. The summed E-state index contributed by atoms with van der Waals surface area (Å²) in [5.74, 6) is 1.46. The molecule has 0 saturated heterocycles. The monoisotopic (exact) mass is 423 g/mol. The Morgan fingerprint density at radius 3 is 1.60 bits per heavy atom. The molecule has 30 heavy (non-hydrogen) atoms. The van der Waals surface area contributed by atoms with Crippen LogP contribution in [0.2, 0.25) is 0 Å². The molecule has 8 nitrogen and oxygen atoms in total. The summed E-state index contributed by atoms with van der Waals surface area (Å²) in [6.07, 6.45) is 1.80. The van der Waals surface area contributed by atoms with Gasteiger partial charge in [0.2, 0.25) is 5.75 Å². The lowest BCUT2D eigenvalue weighted by atomic mass is 10.1. The standard InChI is InChI=1S/C22H33NO7/c1-21(2,3)29-19(24)23(20(25)30-22(4,5)6)12-10-11-15-13-16(26-7)18(28-9)17(14-15)27-8/h10-11,13-14H,12H2,1-9H3/b11-10+. The van der Waals surface area contributed by atoms with Crippen molar-refractivity contribution in [2.75, 3.05) is 27.9 Å². The molecule has 0 spiro atoms. The van der Waals surface area contributed by atoms with E-state index >= 15 is 0 Å². The molecule has 0 aliphatic heterocycles. The van der Waals surface area contributed by atoms with Gasteiger partial charge in [-0.1, -0.05) is 12.2 Å². The molecular weight excluding hydrogens is 390 g/mol. The number of methoxy groups -OCH3 is 3. The Bertz CT molecular complexity index is 720. The number of hydrogen-bond acceptors (Lipinski definition) is 7. The zero-order valence-corrected chi connectivity index (χ0v) is 19.3. The second-order valence-electron chi connectivity index (χ2n) is 8.43. The molecule has 1 aromatic rings. The Hall–Kier alpha value is -2.90. The van der Waals surface area contributed by atoms with Crippen LogP contribution < -0.4 is 14.2 Å². The second-order valence-corrected chi connectivity index (χ2v) is 8.43. The molecule has 0 N–H and O–H groups in total. The summed E-state index contributed by atoms with van der Waals surface area (Å²) in [5.41, 5.74) is -0.770. The van der Waals surface area contributed by atoms with Crippen molar-refractivity contribution >= 4 is 18.3 Å². The first kappa shape index (κ1) is 25.1. The van der Waals surface area contributed by atoms with E-state index in [0.29, 0.717) is 17.2 Å². The van der Waals surface area contributed by atoms with Crippen molar-refractivity contribution in [3.63, 3.8) is 0 Å². The Morgan fingerprint density at radius 2 is 1.27 bits per heavy atom. The summed E-state index contributed by atoms with van der Waals surface area (Å²) in [6, 6.07) is 3.51. The minimum Gasteiger partial charge on any atom is -0.493 e. The zero-order valence-electron chi connectivity index (χ0n) is 19.3. The maximum Gasteiger partial charge on any atom is 0.420 e. The van der Waals surface area contributed by atoms with Crippen molar-refractivity contribution in [2.24, 2.45) is 0 Å². The normalized spacial score (nSPS) is 11.8. The Kier molecular flexibility index (Phi) is 8.57. The lowest BCUT2D eigenvalue weighted by Gasteiger charge is -2.28. The molecule has 1 rings (SSSR count). The predicted octanol–water partition coefficient (Wildman–Crippen LogP) is 4.90. The van der Waals surface area contributed by atoms with Crippen LogP contribution in [-0.2, 0) is 9.47 Å². The van der Waals surface area contributed by atoms with Crippen LogP contribution in [-0.4, -0.2) is 56.2 Å². The van der Waals surface area contributed by atoms with E-state index in [1.54, 1.807) is 65.8 Å². The van der Waals surface area contributed by atoms with Gasteiger partial charge in [-0.3, -0.25) is 0 Å². The van der Waals surface area contributed by atoms with Crippen molar-refractivity contribution in [1.29, 1.82) is 0 Å². The number of carbonyl (C=O) groups is 2. The molecule has 0 aliphatic rings. The van der Waals surface area contributed by atoms with E-state index in [-0.39, 0.29) is 6.54 Å². The highest BCUT2D eigenvalue weighted by Crippen LogP contribution is 2.38. The number of rotatable bonds is 6. The van der Waals surface area contributed by atoms with Crippen LogP contribution in [0.3, 0.4) is 0 Å². The molecule has 0 heterocycles. The van der Waals surface area contributed by atoms with Gasteiger partial charge in [0, 0.05) is 0 Å². The fraction of sp³-hybridized carbons (Fsp3) is 0.545. The van der Waals surface area contributed by atoms with Crippen molar-refractivity contribution in [3.05, 3.63) is 23.8 Å². The van der Waals surface area contributed by atoms with Gasteiger partial charge in [-0.05, 0) is 59.2 Å². The molecule has 0 aliphatic carbocycles. The van der Waals surface area contributed by atoms with E-state index in [1.807, 2.05) is 0 Å². The zero-order chi connectivity index (χ0) is 23.1.